The molecular weight excluding hydrogens is 386 g/mol. The summed E-state index contributed by atoms with van der Waals surface area (Å²) in [5.74, 6) is 1.19. The van der Waals surface area contributed by atoms with Gasteiger partial charge in [-0.1, -0.05) is 0 Å². The quantitative estimate of drug-likeness (QED) is 0.664. The normalized spacial score (nSPS) is 11.2. The fraction of sp³-hybridized carbons (Fsp3) is 0. The third-order valence-electron chi connectivity index (χ3n) is 2.23. The van der Waals surface area contributed by atoms with E-state index in [4.69, 9.17) is 5.73 Å². The van der Waals surface area contributed by atoms with Gasteiger partial charge in [-0.05, 0) is 49.4 Å². The molecule has 3 nitrogen and oxygen atoms in total. The zero-order valence-electron chi connectivity index (χ0n) is 8.28. The van der Waals surface area contributed by atoms with Crippen molar-refractivity contribution in [2.75, 3.05) is 5.73 Å². The molecule has 0 aliphatic heterocycles. The zero-order valence-corrected chi connectivity index (χ0v) is 13.1. The molecule has 3 heterocycles. The molecular formula is C10H5Br2N3S2. The molecule has 0 aliphatic carbocycles. The number of nitrogens with zero attached hydrogens (tertiary/aromatic N) is 2. The molecule has 7 heteroatoms. The Morgan fingerprint density at radius 2 is 2.06 bits per heavy atom. The van der Waals surface area contributed by atoms with Crippen molar-refractivity contribution in [1.29, 1.82) is 0 Å². The maximum atomic E-state index is 5.93. The van der Waals surface area contributed by atoms with Gasteiger partial charge in [0.05, 0.1) is 17.8 Å². The lowest BCUT2D eigenvalue weighted by Crippen LogP contribution is -1.95. The summed E-state index contributed by atoms with van der Waals surface area (Å²) in [6, 6.07) is 3.94. The highest BCUT2D eigenvalue weighted by Crippen LogP contribution is 2.38. The second-order valence-corrected chi connectivity index (χ2v) is 7.97. The van der Waals surface area contributed by atoms with Crippen LogP contribution in [0.5, 0.6) is 0 Å². The van der Waals surface area contributed by atoms with E-state index < -0.39 is 0 Å². The molecule has 0 aliphatic rings. The van der Waals surface area contributed by atoms with Crippen LogP contribution < -0.4 is 5.73 Å². The molecule has 0 saturated heterocycles. The second kappa shape index (κ2) is 4.31. The lowest BCUT2D eigenvalue weighted by Gasteiger charge is -2.00. The molecule has 0 unspecified atom stereocenters. The average molecular weight is 391 g/mol. The van der Waals surface area contributed by atoms with Gasteiger partial charge in [0, 0.05) is 5.56 Å². The Morgan fingerprint density at radius 3 is 2.76 bits per heavy atom. The Morgan fingerprint density at radius 1 is 1.24 bits per heavy atom. The van der Waals surface area contributed by atoms with Gasteiger partial charge < -0.3 is 5.73 Å². The van der Waals surface area contributed by atoms with E-state index >= 15 is 0 Å². The molecule has 0 radical (unpaired) electrons. The molecule has 3 aromatic rings. The molecule has 0 bridgehead atoms. The summed E-state index contributed by atoms with van der Waals surface area (Å²) in [6.45, 7) is 0. The number of hydrogen-bond acceptors (Lipinski definition) is 5. The summed E-state index contributed by atoms with van der Waals surface area (Å²) in [4.78, 5) is 8.87. The van der Waals surface area contributed by atoms with E-state index in [9.17, 15) is 0 Å². The van der Waals surface area contributed by atoms with Crippen LogP contribution in [0.4, 0.5) is 5.82 Å². The van der Waals surface area contributed by atoms with Gasteiger partial charge in [-0.15, -0.1) is 22.7 Å². The standard InChI is InChI=1S/C10H5Br2N3S2/c11-6-3-4(8(12)17-6)10-14-5-1-2-16-7(5)9(13)15-10/h1-3H,(H2,13,14,15). The molecule has 86 valence electrons. The van der Waals surface area contributed by atoms with Gasteiger partial charge in [0.25, 0.3) is 0 Å². The third-order valence-corrected chi connectivity index (χ3v) is 5.49. The summed E-state index contributed by atoms with van der Waals surface area (Å²) in [6.07, 6.45) is 0. The van der Waals surface area contributed by atoms with Gasteiger partial charge in [0.2, 0.25) is 0 Å². The lowest BCUT2D eigenvalue weighted by molar-refractivity contribution is 1.24. The van der Waals surface area contributed by atoms with E-state index in [1.807, 2.05) is 17.5 Å². The molecule has 3 aromatic heterocycles. The van der Waals surface area contributed by atoms with Crippen LogP contribution >= 0.6 is 54.5 Å². The highest BCUT2D eigenvalue weighted by molar-refractivity contribution is 9.12. The Hall–Kier alpha value is -0.500. The van der Waals surface area contributed by atoms with Gasteiger partial charge in [-0.2, -0.15) is 0 Å². The Bertz CT molecular complexity index is 705. The predicted octanol–water partition coefficient (Wildman–Crippen LogP) is 4.53. The van der Waals surface area contributed by atoms with Gasteiger partial charge in [0.15, 0.2) is 5.82 Å². The SMILES string of the molecule is Nc1nc(-c2cc(Br)sc2Br)nc2ccsc12. The smallest absolute Gasteiger partial charge is 0.164 e. The van der Waals surface area contributed by atoms with Gasteiger partial charge in [-0.25, -0.2) is 9.97 Å². The number of thiophene rings is 2. The second-order valence-electron chi connectivity index (χ2n) is 3.31. The third kappa shape index (κ3) is 2.01. The van der Waals surface area contributed by atoms with Crippen LogP contribution in [-0.2, 0) is 0 Å². The van der Waals surface area contributed by atoms with Gasteiger partial charge in [-0.3, -0.25) is 0 Å². The summed E-state index contributed by atoms with van der Waals surface area (Å²) >= 11 is 10.1. The molecule has 0 fully saturated rings. The topological polar surface area (TPSA) is 51.8 Å². The Kier molecular flexibility index (Phi) is 2.94. The first-order chi connectivity index (χ1) is 8.15. The van der Waals surface area contributed by atoms with E-state index in [0.717, 1.165) is 23.4 Å². The number of nitrogen functional groups attached to an aromatic ring is 1. The van der Waals surface area contributed by atoms with Crippen LogP contribution in [0.1, 0.15) is 0 Å². The largest absolute Gasteiger partial charge is 0.382 e. The van der Waals surface area contributed by atoms with E-state index in [-0.39, 0.29) is 0 Å². The Balaban J connectivity index is 2.27. The molecule has 0 saturated carbocycles. The minimum absolute atomic E-state index is 0.536. The van der Waals surface area contributed by atoms with E-state index in [1.54, 1.807) is 22.7 Å². The number of rotatable bonds is 1. The molecule has 0 aromatic carbocycles. The van der Waals surface area contributed by atoms with Crippen molar-refractivity contribution in [2.24, 2.45) is 0 Å². The number of hydrogen-bond donors (Lipinski definition) is 1. The zero-order chi connectivity index (χ0) is 12.0. The minimum atomic E-state index is 0.536. The fourth-order valence-electron chi connectivity index (χ4n) is 1.50. The maximum Gasteiger partial charge on any atom is 0.164 e. The van der Waals surface area contributed by atoms with Gasteiger partial charge >= 0.3 is 0 Å². The average Bonchev–Trinajstić information content (AvgIpc) is 2.84. The number of fused-ring (bicyclic) bond motifs is 1. The number of anilines is 1. The van der Waals surface area contributed by atoms with Crippen LogP contribution in [0, 0.1) is 0 Å². The first-order valence-electron chi connectivity index (χ1n) is 4.61. The molecule has 0 amide bonds. The van der Waals surface area contributed by atoms with Crippen molar-refractivity contribution in [2.45, 2.75) is 0 Å². The van der Waals surface area contributed by atoms with Crippen molar-refractivity contribution in [3.8, 4) is 11.4 Å². The first kappa shape index (κ1) is 11.6. The monoisotopic (exact) mass is 389 g/mol. The highest BCUT2D eigenvalue weighted by atomic mass is 79.9. The van der Waals surface area contributed by atoms with Crippen LogP contribution in [0.15, 0.2) is 25.1 Å². The lowest BCUT2D eigenvalue weighted by atomic mass is 10.3. The summed E-state index contributed by atoms with van der Waals surface area (Å²) in [7, 11) is 0. The number of nitrogens with two attached hydrogens (primary N) is 1. The predicted molar refractivity (Wildman–Crippen MR) is 80.5 cm³/mol. The van der Waals surface area contributed by atoms with Crippen molar-refractivity contribution in [1.82, 2.24) is 9.97 Å². The van der Waals surface area contributed by atoms with Crippen LogP contribution in [0.2, 0.25) is 0 Å². The van der Waals surface area contributed by atoms with E-state index in [0.29, 0.717) is 11.6 Å². The van der Waals surface area contributed by atoms with Crippen molar-refractivity contribution < 1.29 is 0 Å². The van der Waals surface area contributed by atoms with Crippen molar-refractivity contribution in [3.63, 3.8) is 0 Å². The summed E-state index contributed by atoms with van der Waals surface area (Å²) < 4.78 is 2.98. The number of halogens is 2. The molecule has 17 heavy (non-hydrogen) atoms. The molecule has 0 spiro atoms. The molecule has 2 N–H and O–H groups in total. The summed E-state index contributed by atoms with van der Waals surface area (Å²) in [5, 5.41) is 1.97. The van der Waals surface area contributed by atoms with E-state index in [2.05, 4.69) is 41.8 Å². The highest BCUT2D eigenvalue weighted by Gasteiger charge is 2.13. The number of aromatic nitrogens is 2. The van der Waals surface area contributed by atoms with Crippen LogP contribution in [-0.4, -0.2) is 9.97 Å². The van der Waals surface area contributed by atoms with Crippen molar-refractivity contribution >= 4 is 70.6 Å². The van der Waals surface area contributed by atoms with Crippen LogP contribution in [0.25, 0.3) is 21.6 Å². The molecule has 0 atom stereocenters. The maximum absolute atomic E-state index is 5.93. The fourth-order valence-corrected chi connectivity index (χ4v) is 5.02. The Labute approximate surface area is 122 Å². The van der Waals surface area contributed by atoms with Gasteiger partial charge in [0.1, 0.15) is 5.82 Å². The van der Waals surface area contributed by atoms with E-state index in [1.165, 1.54) is 0 Å². The minimum Gasteiger partial charge on any atom is -0.382 e. The van der Waals surface area contributed by atoms with Crippen LogP contribution in [0.3, 0.4) is 0 Å². The summed E-state index contributed by atoms with van der Waals surface area (Å²) in [5.41, 5.74) is 7.79. The van der Waals surface area contributed by atoms with Crippen molar-refractivity contribution in [3.05, 3.63) is 25.1 Å². The molecule has 3 rings (SSSR count). The first-order valence-corrected chi connectivity index (χ1v) is 7.89.